The first-order chi connectivity index (χ1) is 9.82. The molecule has 1 aliphatic carbocycles. The van der Waals surface area contributed by atoms with Gasteiger partial charge in [-0.2, -0.15) is 13.2 Å². The molecule has 2 rings (SSSR count). The lowest BCUT2D eigenvalue weighted by molar-refractivity contribution is -0.236. The summed E-state index contributed by atoms with van der Waals surface area (Å²) in [5, 5.41) is 0. The molecule has 0 spiro atoms. The van der Waals surface area contributed by atoms with E-state index in [2.05, 4.69) is 0 Å². The van der Waals surface area contributed by atoms with E-state index in [1.807, 2.05) is 0 Å². The van der Waals surface area contributed by atoms with Crippen molar-refractivity contribution in [3.8, 4) is 0 Å². The summed E-state index contributed by atoms with van der Waals surface area (Å²) in [5.74, 6) is -0.842. The fourth-order valence-corrected chi connectivity index (χ4v) is 3.98. The van der Waals surface area contributed by atoms with Crippen LogP contribution < -0.4 is 5.73 Å². The number of carbonyl (C=O) groups excluding carboxylic acids is 1. The Hall–Kier alpha value is -1.52. The van der Waals surface area contributed by atoms with Gasteiger partial charge in [0.1, 0.15) is 5.41 Å². The second-order valence-electron chi connectivity index (χ2n) is 5.78. The van der Waals surface area contributed by atoms with Gasteiger partial charge in [-0.1, -0.05) is 50.1 Å². The summed E-state index contributed by atoms with van der Waals surface area (Å²) < 4.78 is 42.4. The van der Waals surface area contributed by atoms with Crippen molar-refractivity contribution in [2.45, 2.75) is 50.6 Å². The second kappa shape index (κ2) is 5.35. The first-order valence-corrected chi connectivity index (χ1v) is 7.24. The van der Waals surface area contributed by atoms with E-state index in [-0.39, 0.29) is 24.8 Å². The largest absolute Gasteiger partial charge is 0.399 e. The van der Waals surface area contributed by atoms with Crippen LogP contribution in [0.3, 0.4) is 0 Å². The van der Waals surface area contributed by atoms with E-state index in [0.29, 0.717) is 12.8 Å². The first kappa shape index (κ1) is 15.9. The lowest BCUT2D eigenvalue weighted by Gasteiger charge is -2.52. The van der Waals surface area contributed by atoms with Crippen LogP contribution in [0.5, 0.6) is 0 Å². The predicted octanol–water partition coefficient (Wildman–Crippen LogP) is 3.94. The molecule has 2 atom stereocenters. The van der Waals surface area contributed by atoms with Crippen molar-refractivity contribution >= 4 is 5.91 Å². The van der Waals surface area contributed by atoms with E-state index in [9.17, 15) is 18.0 Å². The molecule has 0 aromatic heterocycles. The molecular formula is C16H20F3NO. The number of benzene rings is 1. The van der Waals surface area contributed by atoms with E-state index >= 15 is 0 Å². The number of halogens is 3. The van der Waals surface area contributed by atoms with Gasteiger partial charge in [-0.25, -0.2) is 0 Å². The van der Waals surface area contributed by atoms with Crippen LogP contribution in [0.15, 0.2) is 30.3 Å². The number of rotatable bonds is 3. The molecule has 1 aliphatic rings. The van der Waals surface area contributed by atoms with Crippen molar-refractivity contribution in [1.82, 2.24) is 0 Å². The average Bonchev–Trinajstić information content (AvgIpc) is 2.46. The molecule has 1 amide bonds. The summed E-state index contributed by atoms with van der Waals surface area (Å²) >= 11 is 0. The van der Waals surface area contributed by atoms with Gasteiger partial charge < -0.3 is 5.73 Å². The fraction of sp³-hybridized carbons (Fsp3) is 0.562. The third-order valence-corrected chi connectivity index (χ3v) is 5.05. The molecule has 1 aromatic carbocycles. The van der Waals surface area contributed by atoms with Crippen molar-refractivity contribution in [2.75, 3.05) is 0 Å². The Balaban J connectivity index is 2.76. The van der Waals surface area contributed by atoms with Gasteiger partial charge in [0.2, 0.25) is 5.91 Å². The average molecular weight is 299 g/mol. The Morgan fingerprint density at radius 1 is 1.19 bits per heavy atom. The van der Waals surface area contributed by atoms with Crippen molar-refractivity contribution in [2.24, 2.45) is 11.1 Å². The summed E-state index contributed by atoms with van der Waals surface area (Å²) in [4.78, 5) is 12.1. The molecule has 0 saturated heterocycles. The van der Waals surface area contributed by atoms with Crippen LogP contribution in [0.2, 0.25) is 0 Å². The van der Waals surface area contributed by atoms with Crippen molar-refractivity contribution in [3.63, 3.8) is 0 Å². The maximum absolute atomic E-state index is 14.1. The van der Waals surface area contributed by atoms with Crippen LogP contribution in [-0.4, -0.2) is 12.1 Å². The van der Waals surface area contributed by atoms with Crippen LogP contribution in [0.1, 0.15) is 44.6 Å². The predicted molar refractivity (Wildman–Crippen MR) is 74.6 cm³/mol. The molecule has 0 heterocycles. The highest BCUT2D eigenvalue weighted by Gasteiger charge is 2.69. The van der Waals surface area contributed by atoms with Crippen molar-refractivity contribution in [1.29, 1.82) is 0 Å². The van der Waals surface area contributed by atoms with Crippen LogP contribution >= 0.6 is 0 Å². The zero-order valence-electron chi connectivity index (χ0n) is 12.0. The van der Waals surface area contributed by atoms with Gasteiger partial charge in [0.25, 0.3) is 0 Å². The minimum Gasteiger partial charge on any atom is -0.369 e. The normalized spacial score (nSPS) is 30.1. The van der Waals surface area contributed by atoms with Gasteiger partial charge in [0.15, 0.2) is 0 Å². The summed E-state index contributed by atoms with van der Waals surface area (Å²) in [6, 6.07) is 7.77. The van der Waals surface area contributed by atoms with E-state index in [0.717, 1.165) is 0 Å². The zero-order valence-corrected chi connectivity index (χ0v) is 12.0. The number of amides is 1. The van der Waals surface area contributed by atoms with Gasteiger partial charge in [-0.15, -0.1) is 0 Å². The van der Waals surface area contributed by atoms with E-state index in [1.54, 1.807) is 25.1 Å². The Morgan fingerprint density at radius 3 is 2.24 bits per heavy atom. The van der Waals surface area contributed by atoms with E-state index in [1.165, 1.54) is 12.1 Å². The second-order valence-corrected chi connectivity index (χ2v) is 5.78. The molecule has 1 aromatic rings. The van der Waals surface area contributed by atoms with Crippen LogP contribution in [0, 0.1) is 5.41 Å². The Bertz CT molecular complexity index is 514. The molecule has 21 heavy (non-hydrogen) atoms. The monoisotopic (exact) mass is 299 g/mol. The van der Waals surface area contributed by atoms with Gasteiger partial charge in [0.05, 0.1) is 5.41 Å². The van der Waals surface area contributed by atoms with Crippen LogP contribution in [-0.2, 0) is 10.2 Å². The minimum absolute atomic E-state index is 0.0860. The first-order valence-electron chi connectivity index (χ1n) is 7.24. The number of hydrogen-bond acceptors (Lipinski definition) is 1. The maximum Gasteiger partial charge on any atom is 0.399 e. The molecule has 1 saturated carbocycles. The third-order valence-electron chi connectivity index (χ3n) is 5.05. The summed E-state index contributed by atoms with van der Waals surface area (Å²) in [5.41, 5.74) is 1.89. The molecular weight excluding hydrogens is 279 g/mol. The molecule has 2 unspecified atom stereocenters. The quantitative estimate of drug-likeness (QED) is 0.902. The van der Waals surface area contributed by atoms with Gasteiger partial charge in [0, 0.05) is 0 Å². The Labute approximate surface area is 122 Å². The number of alkyl halides is 3. The highest BCUT2D eigenvalue weighted by Crippen LogP contribution is 2.61. The van der Waals surface area contributed by atoms with E-state index < -0.39 is 22.9 Å². The highest BCUT2D eigenvalue weighted by atomic mass is 19.4. The zero-order chi connectivity index (χ0) is 15.7. The van der Waals surface area contributed by atoms with Gasteiger partial charge in [-0.05, 0) is 24.8 Å². The molecule has 5 heteroatoms. The Kier molecular flexibility index (Phi) is 4.04. The lowest BCUT2D eigenvalue weighted by atomic mass is 9.51. The molecule has 2 nitrogen and oxygen atoms in total. The summed E-state index contributed by atoms with van der Waals surface area (Å²) in [6.45, 7) is 1.62. The molecule has 0 bridgehead atoms. The van der Waals surface area contributed by atoms with Gasteiger partial charge in [-0.3, -0.25) is 4.79 Å². The Morgan fingerprint density at radius 2 is 1.76 bits per heavy atom. The van der Waals surface area contributed by atoms with Crippen LogP contribution in [0.4, 0.5) is 13.2 Å². The van der Waals surface area contributed by atoms with E-state index in [4.69, 9.17) is 5.73 Å². The fourth-order valence-electron chi connectivity index (χ4n) is 3.98. The smallest absolute Gasteiger partial charge is 0.369 e. The SMILES string of the molecule is CCC1(C(N)=O)CCCCC1(c1ccccc1)C(F)(F)F. The number of carbonyl (C=O) groups is 1. The van der Waals surface area contributed by atoms with Crippen molar-refractivity contribution in [3.05, 3.63) is 35.9 Å². The number of nitrogens with two attached hydrogens (primary N) is 1. The topological polar surface area (TPSA) is 43.1 Å². The highest BCUT2D eigenvalue weighted by molar-refractivity contribution is 5.83. The number of primary amides is 1. The summed E-state index contributed by atoms with van der Waals surface area (Å²) in [7, 11) is 0. The van der Waals surface area contributed by atoms with Gasteiger partial charge >= 0.3 is 6.18 Å². The molecule has 0 radical (unpaired) electrons. The third kappa shape index (κ3) is 2.14. The standard InChI is InChI=1S/C16H20F3NO/c1-2-14(13(20)21)10-6-7-11-15(14,16(17,18)19)12-8-4-3-5-9-12/h3-5,8-9H,2,6-7,10-11H2,1H3,(H2,20,21). The van der Waals surface area contributed by atoms with Crippen LogP contribution in [0.25, 0.3) is 0 Å². The molecule has 0 aliphatic heterocycles. The molecule has 1 fully saturated rings. The lowest BCUT2D eigenvalue weighted by Crippen LogP contribution is -2.62. The maximum atomic E-state index is 14.1. The minimum atomic E-state index is -4.51. The molecule has 2 N–H and O–H groups in total. The molecule has 116 valence electrons. The summed E-state index contributed by atoms with van der Waals surface area (Å²) in [6.07, 6.45) is -3.27. The number of hydrogen-bond donors (Lipinski definition) is 1. The van der Waals surface area contributed by atoms with Crippen molar-refractivity contribution < 1.29 is 18.0 Å².